The number of carboxylic acid groups (broad SMARTS) is 1. The molecule has 1 N–H and O–H groups in total. The molecule has 0 heterocycles. The van der Waals surface area contributed by atoms with Gasteiger partial charge < -0.3 is 9.84 Å². The van der Waals surface area contributed by atoms with E-state index in [1.54, 1.807) is 42.5 Å². The van der Waals surface area contributed by atoms with E-state index >= 15 is 0 Å². The minimum atomic E-state index is -1.03. The second-order valence-electron chi connectivity index (χ2n) is 4.35. The van der Waals surface area contributed by atoms with Crippen LogP contribution in [0.1, 0.15) is 24.2 Å². The van der Waals surface area contributed by atoms with Crippen LogP contribution in [0.4, 0.5) is 0 Å². The Labute approximate surface area is 122 Å². The molecule has 0 radical (unpaired) electrons. The van der Waals surface area contributed by atoms with Crippen molar-refractivity contribution in [2.24, 2.45) is 0 Å². The largest absolute Gasteiger partial charge is 0.478 e. The molecule has 0 aromatic heterocycles. The monoisotopic (exact) mass is 290 g/mol. The standard InChI is InChI=1S/C16H15ClO3/c1-2-11-10-13(8-9-14(11)17)20-15(16(18)19)12-6-4-3-5-7-12/h3-10,15H,2H2,1H3,(H,18,19). The fourth-order valence-corrected chi connectivity index (χ4v) is 2.17. The lowest BCUT2D eigenvalue weighted by Gasteiger charge is -2.16. The van der Waals surface area contributed by atoms with Crippen molar-refractivity contribution < 1.29 is 14.6 Å². The topological polar surface area (TPSA) is 46.5 Å². The van der Waals surface area contributed by atoms with E-state index in [0.29, 0.717) is 16.3 Å². The van der Waals surface area contributed by atoms with Gasteiger partial charge in [-0.15, -0.1) is 0 Å². The predicted molar refractivity (Wildman–Crippen MR) is 78.3 cm³/mol. The molecule has 3 nitrogen and oxygen atoms in total. The van der Waals surface area contributed by atoms with Crippen LogP contribution in [-0.2, 0) is 11.2 Å². The number of aliphatic carboxylic acids is 1. The van der Waals surface area contributed by atoms with E-state index in [-0.39, 0.29) is 0 Å². The molecule has 20 heavy (non-hydrogen) atoms. The Bertz CT molecular complexity index is 596. The number of benzene rings is 2. The van der Waals surface area contributed by atoms with Crippen LogP contribution in [0.25, 0.3) is 0 Å². The smallest absolute Gasteiger partial charge is 0.349 e. The molecule has 0 aliphatic rings. The lowest BCUT2D eigenvalue weighted by Crippen LogP contribution is -2.18. The van der Waals surface area contributed by atoms with Crippen LogP contribution in [-0.4, -0.2) is 11.1 Å². The molecule has 1 unspecified atom stereocenters. The number of aryl methyl sites for hydroxylation is 1. The summed E-state index contributed by atoms with van der Waals surface area (Å²) in [5, 5.41) is 9.98. The van der Waals surface area contributed by atoms with Crippen LogP contribution in [0.15, 0.2) is 48.5 Å². The van der Waals surface area contributed by atoms with E-state index in [1.807, 2.05) is 13.0 Å². The second-order valence-corrected chi connectivity index (χ2v) is 4.76. The summed E-state index contributed by atoms with van der Waals surface area (Å²) < 4.78 is 5.60. The highest BCUT2D eigenvalue weighted by Gasteiger charge is 2.21. The van der Waals surface area contributed by atoms with Gasteiger partial charge in [-0.25, -0.2) is 4.79 Å². The first-order valence-corrected chi connectivity index (χ1v) is 6.72. The maximum Gasteiger partial charge on any atom is 0.349 e. The van der Waals surface area contributed by atoms with Gasteiger partial charge in [0.25, 0.3) is 0 Å². The maximum atomic E-state index is 11.4. The zero-order chi connectivity index (χ0) is 14.5. The summed E-state index contributed by atoms with van der Waals surface area (Å²) in [5.74, 6) is -0.522. The SMILES string of the molecule is CCc1cc(OC(C(=O)O)c2ccccc2)ccc1Cl. The Morgan fingerprint density at radius 1 is 1.25 bits per heavy atom. The number of ether oxygens (including phenoxy) is 1. The van der Waals surface area contributed by atoms with Crippen molar-refractivity contribution in [3.05, 3.63) is 64.7 Å². The first kappa shape index (κ1) is 14.4. The van der Waals surface area contributed by atoms with E-state index < -0.39 is 12.1 Å². The average Bonchev–Trinajstić information content (AvgIpc) is 2.47. The molecular formula is C16H15ClO3. The van der Waals surface area contributed by atoms with Crippen LogP contribution in [0.2, 0.25) is 5.02 Å². The maximum absolute atomic E-state index is 11.4. The van der Waals surface area contributed by atoms with Crippen molar-refractivity contribution in [3.8, 4) is 5.75 Å². The first-order valence-electron chi connectivity index (χ1n) is 6.34. The average molecular weight is 291 g/mol. The third-order valence-corrected chi connectivity index (χ3v) is 3.35. The third kappa shape index (κ3) is 3.31. The number of halogens is 1. The first-order chi connectivity index (χ1) is 9.61. The van der Waals surface area contributed by atoms with Crippen LogP contribution >= 0.6 is 11.6 Å². The second kappa shape index (κ2) is 6.44. The molecule has 0 aliphatic heterocycles. The van der Waals surface area contributed by atoms with Gasteiger partial charge in [0.1, 0.15) is 5.75 Å². The van der Waals surface area contributed by atoms with Gasteiger partial charge in [-0.05, 0) is 30.2 Å². The van der Waals surface area contributed by atoms with Crippen molar-refractivity contribution >= 4 is 17.6 Å². The molecule has 0 saturated heterocycles. The van der Waals surface area contributed by atoms with Crippen LogP contribution in [0.5, 0.6) is 5.75 Å². The zero-order valence-electron chi connectivity index (χ0n) is 11.0. The molecule has 0 saturated carbocycles. The summed E-state index contributed by atoms with van der Waals surface area (Å²) in [6.45, 7) is 1.98. The van der Waals surface area contributed by atoms with Gasteiger partial charge in [0, 0.05) is 10.6 Å². The highest BCUT2D eigenvalue weighted by atomic mass is 35.5. The summed E-state index contributed by atoms with van der Waals surface area (Å²) in [6, 6.07) is 14.0. The van der Waals surface area contributed by atoms with E-state index in [0.717, 1.165) is 12.0 Å². The van der Waals surface area contributed by atoms with E-state index in [9.17, 15) is 9.90 Å². The Kier molecular flexibility index (Phi) is 4.64. The number of hydrogen-bond donors (Lipinski definition) is 1. The zero-order valence-corrected chi connectivity index (χ0v) is 11.8. The number of hydrogen-bond acceptors (Lipinski definition) is 2. The Morgan fingerprint density at radius 3 is 2.55 bits per heavy atom. The van der Waals surface area contributed by atoms with Crippen molar-refractivity contribution in [2.75, 3.05) is 0 Å². The van der Waals surface area contributed by atoms with Gasteiger partial charge in [0.05, 0.1) is 0 Å². The van der Waals surface area contributed by atoms with Crippen LogP contribution in [0, 0.1) is 0 Å². The van der Waals surface area contributed by atoms with Gasteiger partial charge in [-0.1, -0.05) is 48.9 Å². The molecule has 2 aromatic rings. The van der Waals surface area contributed by atoms with Crippen molar-refractivity contribution in [2.45, 2.75) is 19.4 Å². The molecule has 104 valence electrons. The highest BCUT2D eigenvalue weighted by molar-refractivity contribution is 6.31. The predicted octanol–water partition coefficient (Wildman–Crippen LogP) is 4.11. The summed E-state index contributed by atoms with van der Waals surface area (Å²) in [7, 11) is 0. The van der Waals surface area contributed by atoms with Gasteiger partial charge in [-0.3, -0.25) is 0 Å². The molecule has 4 heteroatoms. The summed E-state index contributed by atoms with van der Waals surface area (Å²) in [5.41, 5.74) is 1.54. The molecule has 0 aliphatic carbocycles. The summed E-state index contributed by atoms with van der Waals surface area (Å²) in [6.07, 6.45) is -0.263. The van der Waals surface area contributed by atoms with E-state index in [2.05, 4.69) is 0 Å². The molecule has 2 aromatic carbocycles. The Balaban J connectivity index is 2.27. The van der Waals surface area contributed by atoms with Gasteiger partial charge >= 0.3 is 5.97 Å². The summed E-state index contributed by atoms with van der Waals surface area (Å²) in [4.78, 5) is 11.4. The molecule has 2 rings (SSSR count). The lowest BCUT2D eigenvalue weighted by molar-refractivity contribution is -0.145. The Morgan fingerprint density at radius 2 is 1.95 bits per heavy atom. The minimum absolute atomic E-state index is 0.502. The summed E-state index contributed by atoms with van der Waals surface area (Å²) >= 11 is 6.04. The molecule has 0 spiro atoms. The minimum Gasteiger partial charge on any atom is -0.478 e. The molecular weight excluding hydrogens is 276 g/mol. The fourth-order valence-electron chi connectivity index (χ4n) is 1.92. The van der Waals surface area contributed by atoms with E-state index in [4.69, 9.17) is 16.3 Å². The lowest BCUT2D eigenvalue weighted by atomic mass is 10.1. The number of rotatable bonds is 5. The van der Waals surface area contributed by atoms with Crippen molar-refractivity contribution in [1.82, 2.24) is 0 Å². The Hall–Kier alpha value is -2.00. The van der Waals surface area contributed by atoms with Crippen molar-refractivity contribution in [3.63, 3.8) is 0 Å². The molecule has 0 amide bonds. The molecule has 0 bridgehead atoms. The third-order valence-electron chi connectivity index (χ3n) is 2.98. The van der Waals surface area contributed by atoms with Gasteiger partial charge in [-0.2, -0.15) is 0 Å². The highest BCUT2D eigenvalue weighted by Crippen LogP contribution is 2.27. The van der Waals surface area contributed by atoms with Crippen molar-refractivity contribution in [1.29, 1.82) is 0 Å². The van der Waals surface area contributed by atoms with Crippen LogP contribution < -0.4 is 4.74 Å². The number of carboxylic acids is 1. The molecule has 1 atom stereocenters. The van der Waals surface area contributed by atoms with E-state index in [1.165, 1.54) is 0 Å². The van der Waals surface area contributed by atoms with Gasteiger partial charge in [0.15, 0.2) is 0 Å². The normalized spacial score (nSPS) is 11.9. The quantitative estimate of drug-likeness (QED) is 0.901. The number of carbonyl (C=O) groups is 1. The van der Waals surface area contributed by atoms with Crippen LogP contribution in [0.3, 0.4) is 0 Å². The fraction of sp³-hybridized carbons (Fsp3) is 0.188. The molecule has 0 fully saturated rings. The van der Waals surface area contributed by atoms with Gasteiger partial charge in [0.2, 0.25) is 6.10 Å².